The molecule has 0 aromatic heterocycles. The number of amides is 2. The number of likely N-dealkylation sites (N-methyl/N-ethyl adjacent to an activating group) is 1. The highest BCUT2D eigenvalue weighted by molar-refractivity contribution is 9.10. The van der Waals surface area contributed by atoms with Crippen LogP contribution in [0.2, 0.25) is 5.02 Å². The summed E-state index contributed by atoms with van der Waals surface area (Å²) in [5.74, 6) is -1.05. The van der Waals surface area contributed by atoms with Crippen LogP contribution in [0.4, 0.5) is 10.5 Å². The molecule has 98 valence electrons. The molecule has 0 bridgehead atoms. The number of carbonyl (C=O) groups excluding carboxylic acids is 1. The van der Waals surface area contributed by atoms with Crippen molar-refractivity contribution >= 4 is 45.2 Å². The van der Waals surface area contributed by atoms with Gasteiger partial charge in [-0.1, -0.05) is 11.6 Å². The van der Waals surface area contributed by atoms with Gasteiger partial charge in [-0.25, -0.2) is 4.79 Å². The quantitative estimate of drug-likeness (QED) is 0.888. The van der Waals surface area contributed by atoms with E-state index in [1.165, 1.54) is 4.90 Å². The Bertz CT molecular complexity index is 468. The number of benzene rings is 1. The lowest BCUT2D eigenvalue weighted by atomic mass is 10.3. The second kappa shape index (κ2) is 6.61. The van der Waals surface area contributed by atoms with Gasteiger partial charge >= 0.3 is 12.0 Å². The van der Waals surface area contributed by atoms with E-state index in [0.717, 1.165) is 0 Å². The van der Waals surface area contributed by atoms with Crippen LogP contribution < -0.4 is 5.32 Å². The smallest absolute Gasteiger partial charge is 0.323 e. The molecular weight excluding hydrogens is 323 g/mol. The Morgan fingerprint density at radius 1 is 1.50 bits per heavy atom. The predicted octanol–water partition coefficient (Wildman–Crippen LogP) is 3.04. The molecular formula is C11H12BrClN2O3. The minimum absolute atomic E-state index is 0.309. The molecule has 0 aliphatic heterocycles. The Morgan fingerprint density at radius 3 is 2.67 bits per heavy atom. The number of aliphatic carboxylic acids is 1. The lowest BCUT2D eigenvalue weighted by molar-refractivity contribution is -0.137. The minimum atomic E-state index is -1.05. The fourth-order valence-electron chi connectivity index (χ4n) is 1.28. The zero-order valence-corrected chi connectivity index (χ0v) is 12.0. The van der Waals surface area contributed by atoms with Gasteiger partial charge in [-0.15, -0.1) is 0 Å². The van der Waals surface area contributed by atoms with Gasteiger partial charge in [0, 0.05) is 16.0 Å². The second-order valence-corrected chi connectivity index (χ2v) is 4.75. The van der Waals surface area contributed by atoms with Crippen LogP contribution in [-0.2, 0) is 4.79 Å². The van der Waals surface area contributed by atoms with Crippen molar-refractivity contribution in [3.63, 3.8) is 0 Å². The topological polar surface area (TPSA) is 69.6 Å². The van der Waals surface area contributed by atoms with Gasteiger partial charge in [-0.2, -0.15) is 0 Å². The van der Waals surface area contributed by atoms with Gasteiger partial charge in [0.25, 0.3) is 0 Å². The van der Waals surface area contributed by atoms with E-state index in [2.05, 4.69) is 21.2 Å². The van der Waals surface area contributed by atoms with Crippen molar-refractivity contribution in [2.45, 2.75) is 6.92 Å². The standard InChI is InChI=1S/C11H12BrClN2O3/c1-2-15(6-10(16)17)11(18)14-9-4-3-7(13)5-8(9)12/h3-5H,2,6H2,1H3,(H,14,18)(H,16,17). The minimum Gasteiger partial charge on any atom is -0.480 e. The van der Waals surface area contributed by atoms with E-state index >= 15 is 0 Å². The van der Waals surface area contributed by atoms with Crippen LogP contribution in [0, 0.1) is 0 Å². The molecule has 0 unspecified atom stereocenters. The molecule has 18 heavy (non-hydrogen) atoms. The van der Waals surface area contributed by atoms with Gasteiger partial charge in [0.2, 0.25) is 0 Å². The lowest BCUT2D eigenvalue weighted by Crippen LogP contribution is -2.38. The Balaban J connectivity index is 2.76. The normalized spacial score (nSPS) is 9.94. The fourth-order valence-corrected chi connectivity index (χ4v) is 2.06. The molecule has 0 aliphatic carbocycles. The summed E-state index contributed by atoms with van der Waals surface area (Å²) >= 11 is 9.04. The van der Waals surface area contributed by atoms with Crippen molar-refractivity contribution in [2.75, 3.05) is 18.4 Å². The predicted molar refractivity (Wildman–Crippen MR) is 73.1 cm³/mol. The largest absolute Gasteiger partial charge is 0.480 e. The number of carbonyl (C=O) groups is 2. The Labute approximate surface area is 118 Å². The van der Waals surface area contributed by atoms with E-state index in [9.17, 15) is 9.59 Å². The lowest BCUT2D eigenvalue weighted by Gasteiger charge is -2.19. The number of anilines is 1. The maximum Gasteiger partial charge on any atom is 0.323 e. The summed E-state index contributed by atoms with van der Waals surface area (Å²) in [4.78, 5) is 23.6. The number of carboxylic acids is 1. The van der Waals surface area contributed by atoms with Crippen molar-refractivity contribution in [1.29, 1.82) is 0 Å². The number of halogens is 2. The number of hydrogen-bond acceptors (Lipinski definition) is 2. The monoisotopic (exact) mass is 334 g/mol. The van der Waals surface area contributed by atoms with E-state index in [1.807, 2.05) is 0 Å². The third-order valence-corrected chi connectivity index (χ3v) is 3.06. The maximum absolute atomic E-state index is 11.8. The van der Waals surface area contributed by atoms with E-state index in [0.29, 0.717) is 21.7 Å². The highest BCUT2D eigenvalue weighted by atomic mass is 79.9. The second-order valence-electron chi connectivity index (χ2n) is 3.46. The summed E-state index contributed by atoms with van der Waals surface area (Å²) in [5, 5.41) is 11.8. The van der Waals surface area contributed by atoms with E-state index < -0.39 is 12.0 Å². The van der Waals surface area contributed by atoms with Crippen molar-refractivity contribution < 1.29 is 14.7 Å². The average molecular weight is 336 g/mol. The summed E-state index contributed by atoms with van der Waals surface area (Å²) in [7, 11) is 0. The molecule has 1 aromatic rings. The highest BCUT2D eigenvalue weighted by Gasteiger charge is 2.15. The molecule has 1 rings (SSSR count). The number of nitrogens with one attached hydrogen (secondary N) is 1. The number of nitrogens with zero attached hydrogens (tertiary/aromatic N) is 1. The van der Waals surface area contributed by atoms with Crippen LogP contribution in [-0.4, -0.2) is 35.1 Å². The fraction of sp³-hybridized carbons (Fsp3) is 0.273. The molecule has 0 aliphatic rings. The Hall–Kier alpha value is -1.27. The average Bonchev–Trinajstić information content (AvgIpc) is 2.29. The SMILES string of the molecule is CCN(CC(=O)O)C(=O)Nc1ccc(Cl)cc1Br. The van der Waals surface area contributed by atoms with E-state index in [1.54, 1.807) is 25.1 Å². The number of carboxylic acid groups (broad SMARTS) is 1. The molecule has 0 saturated heterocycles. The Morgan fingerprint density at radius 2 is 2.17 bits per heavy atom. The zero-order chi connectivity index (χ0) is 13.7. The molecule has 1 aromatic carbocycles. The van der Waals surface area contributed by atoms with Gasteiger partial charge in [0.15, 0.2) is 0 Å². The van der Waals surface area contributed by atoms with Crippen LogP contribution in [0.25, 0.3) is 0 Å². The van der Waals surface area contributed by atoms with Gasteiger partial charge in [0.1, 0.15) is 6.54 Å². The van der Waals surface area contributed by atoms with Crippen molar-refractivity contribution in [1.82, 2.24) is 4.90 Å². The van der Waals surface area contributed by atoms with Crippen LogP contribution in [0.1, 0.15) is 6.92 Å². The van der Waals surface area contributed by atoms with Crippen LogP contribution >= 0.6 is 27.5 Å². The van der Waals surface area contributed by atoms with Crippen molar-refractivity contribution in [2.24, 2.45) is 0 Å². The number of rotatable bonds is 4. The van der Waals surface area contributed by atoms with Crippen molar-refractivity contribution in [3.8, 4) is 0 Å². The Kier molecular flexibility index (Phi) is 5.43. The molecule has 0 fully saturated rings. The maximum atomic E-state index is 11.8. The van der Waals surface area contributed by atoms with Gasteiger partial charge in [0.05, 0.1) is 5.69 Å². The zero-order valence-electron chi connectivity index (χ0n) is 9.61. The van der Waals surface area contributed by atoms with E-state index in [-0.39, 0.29) is 6.54 Å². The molecule has 5 nitrogen and oxygen atoms in total. The van der Waals surface area contributed by atoms with Gasteiger partial charge < -0.3 is 15.3 Å². The molecule has 0 saturated carbocycles. The molecule has 0 radical (unpaired) electrons. The summed E-state index contributed by atoms with van der Waals surface area (Å²) in [5.41, 5.74) is 0.535. The molecule has 7 heteroatoms. The summed E-state index contributed by atoms with van der Waals surface area (Å²) in [6.07, 6.45) is 0. The first kappa shape index (κ1) is 14.8. The molecule has 0 spiro atoms. The number of hydrogen-bond donors (Lipinski definition) is 2. The van der Waals surface area contributed by atoms with Crippen LogP contribution in [0.3, 0.4) is 0 Å². The first-order valence-electron chi connectivity index (χ1n) is 5.16. The molecule has 2 amide bonds. The molecule has 0 heterocycles. The van der Waals surface area contributed by atoms with E-state index in [4.69, 9.17) is 16.7 Å². The van der Waals surface area contributed by atoms with Gasteiger partial charge in [-0.3, -0.25) is 4.79 Å². The molecule has 2 N–H and O–H groups in total. The first-order valence-corrected chi connectivity index (χ1v) is 6.34. The van der Waals surface area contributed by atoms with Crippen LogP contribution in [0.5, 0.6) is 0 Å². The van der Waals surface area contributed by atoms with Crippen molar-refractivity contribution in [3.05, 3.63) is 27.7 Å². The van der Waals surface area contributed by atoms with Gasteiger partial charge in [-0.05, 0) is 41.1 Å². The third kappa shape index (κ3) is 4.19. The number of urea groups is 1. The summed E-state index contributed by atoms with van der Waals surface area (Å²) in [6, 6.07) is 4.45. The summed E-state index contributed by atoms with van der Waals surface area (Å²) < 4.78 is 0.634. The third-order valence-electron chi connectivity index (χ3n) is 2.17. The summed E-state index contributed by atoms with van der Waals surface area (Å²) in [6.45, 7) is 1.68. The van der Waals surface area contributed by atoms with Crippen LogP contribution in [0.15, 0.2) is 22.7 Å². The highest BCUT2D eigenvalue weighted by Crippen LogP contribution is 2.26. The molecule has 0 atom stereocenters. The first-order chi connectivity index (χ1) is 8.43.